The van der Waals surface area contributed by atoms with E-state index in [4.69, 9.17) is 28.9 Å². The number of H-pyrrole nitrogens is 1. The largest absolute Gasteiger partial charge is 0.369 e. The Morgan fingerprint density at radius 2 is 1.76 bits per heavy atom. The zero-order valence-corrected chi connectivity index (χ0v) is 14.7. The molecule has 0 aliphatic carbocycles. The first-order chi connectivity index (χ1) is 11.9. The Morgan fingerprint density at radius 1 is 1.08 bits per heavy atom. The predicted molar refractivity (Wildman–Crippen MR) is 102 cm³/mol. The first-order valence-electron chi connectivity index (χ1n) is 7.37. The van der Waals surface area contributed by atoms with Crippen molar-refractivity contribution in [1.82, 2.24) is 9.97 Å². The van der Waals surface area contributed by atoms with Gasteiger partial charge in [0.15, 0.2) is 5.95 Å². The van der Waals surface area contributed by atoms with Gasteiger partial charge in [-0.15, -0.1) is 0 Å². The van der Waals surface area contributed by atoms with Gasteiger partial charge in [-0.3, -0.25) is 0 Å². The fourth-order valence-electron chi connectivity index (χ4n) is 2.44. The molecule has 0 spiro atoms. The number of benzene rings is 2. The molecule has 0 aliphatic rings. The fourth-order valence-corrected chi connectivity index (χ4v) is 2.96. The smallest absolute Gasteiger partial charge is 0.323 e. The lowest BCUT2D eigenvalue weighted by Crippen LogP contribution is -2.19. The second-order valence-electron chi connectivity index (χ2n) is 5.40. The predicted octanol–water partition coefficient (Wildman–Crippen LogP) is 4.92. The number of amides is 2. The summed E-state index contributed by atoms with van der Waals surface area (Å²) in [5.74, 6) is 0.349. The number of nitrogens with one attached hydrogen (secondary N) is 3. The van der Waals surface area contributed by atoms with Gasteiger partial charge in [0.1, 0.15) is 0 Å². The van der Waals surface area contributed by atoms with Crippen molar-refractivity contribution >= 4 is 46.6 Å². The van der Waals surface area contributed by atoms with Crippen LogP contribution in [-0.2, 0) is 0 Å². The van der Waals surface area contributed by atoms with Crippen LogP contribution in [0.2, 0.25) is 10.0 Å². The second kappa shape index (κ2) is 7.04. The standard InChI is InChI=1S/C17H15Cl2N5O/c1-9-15(24-16(20)21-9)10-3-2-4-13(5-10)22-17(25)23-14-7-11(18)6-12(19)8-14/h2-8H,1H3,(H3,20,21,24)(H2,22,23,25). The number of carbonyl (C=O) groups is 1. The van der Waals surface area contributed by atoms with Crippen molar-refractivity contribution < 1.29 is 4.79 Å². The Bertz CT molecular complexity index is 918. The summed E-state index contributed by atoms with van der Waals surface area (Å²) in [6.45, 7) is 1.86. The molecule has 8 heteroatoms. The molecule has 2 aromatic carbocycles. The van der Waals surface area contributed by atoms with Crippen molar-refractivity contribution in [3.05, 3.63) is 58.2 Å². The minimum Gasteiger partial charge on any atom is -0.369 e. The number of hydrogen-bond acceptors (Lipinski definition) is 3. The van der Waals surface area contributed by atoms with E-state index in [1.807, 2.05) is 25.1 Å². The number of nitrogen functional groups attached to an aromatic ring is 1. The fraction of sp³-hybridized carbons (Fsp3) is 0.0588. The number of nitrogens with two attached hydrogens (primary N) is 1. The Balaban J connectivity index is 1.75. The summed E-state index contributed by atoms with van der Waals surface area (Å²) in [6, 6.07) is 11.7. The zero-order chi connectivity index (χ0) is 18.0. The average molecular weight is 376 g/mol. The van der Waals surface area contributed by atoms with E-state index in [0.717, 1.165) is 17.0 Å². The van der Waals surface area contributed by atoms with E-state index in [0.29, 0.717) is 27.4 Å². The van der Waals surface area contributed by atoms with E-state index >= 15 is 0 Å². The number of anilines is 3. The molecule has 0 aliphatic heterocycles. The van der Waals surface area contributed by atoms with Gasteiger partial charge in [0.2, 0.25) is 0 Å². The molecule has 0 atom stereocenters. The van der Waals surface area contributed by atoms with Crippen molar-refractivity contribution in [2.45, 2.75) is 6.92 Å². The van der Waals surface area contributed by atoms with Crippen LogP contribution in [0.5, 0.6) is 0 Å². The molecule has 3 aromatic rings. The molecule has 1 heterocycles. The van der Waals surface area contributed by atoms with E-state index in [1.54, 1.807) is 24.3 Å². The molecule has 3 rings (SSSR count). The minimum atomic E-state index is -0.406. The maximum atomic E-state index is 12.2. The number of aromatic nitrogens is 2. The molecule has 0 saturated carbocycles. The number of imidazole rings is 1. The summed E-state index contributed by atoms with van der Waals surface area (Å²) in [7, 11) is 0. The van der Waals surface area contributed by atoms with Gasteiger partial charge < -0.3 is 21.4 Å². The first-order valence-corrected chi connectivity index (χ1v) is 8.13. The quantitative estimate of drug-likeness (QED) is 0.523. The summed E-state index contributed by atoms with van der Waals surface area (Å²) in [6.07, 6.45) is 0. The molecule has 0 radical (unpaired) electrons. The third kappa shape index (κ3) is 4.23. The molecule has 25 heavy (non-hydrogen) atoms. The number of halogens is 2. The molecule has 1 aromatic heterocycles. The molecular formula is C17H15Cl2N5O. The number of nitrogens with zero attached hydrogens (tertiary/aromatic N) is 1. The number of urea groups is 1. The van der Waals surface area contributed by atoms with E-state index in [-0.39, 0.29) is 0 Å². The van der Waals surface area contributed by atoms with Crippen LogP contribution in [0.4, 0.5) is 22.1 Å². The summed E-state index contributed by atoms with van der Waals surface area (Å²) in [4.78, 5) is 19.3. The Morgan fingerprint density at radius 3 is 2.40 bits per heavy atom. The van der Waals surface area contributed by atoms with Crippen LogP contribution in [0.15, 0.2) is 42.5 Å². The number of hydrogen-bond donors (Lipinski definition) is 4. The maximum absolute atomic E-state index is 12.2. The van der Waals surface area contributed by atoms with Crippen LogP contribution < -0.4 is 16.4 Å². The minimum absolute atomic E-state index is 0.349. The van der Waals surface area contributed by atoms with E-state index in [2.05, 4.69) is 20.6 Å². The highest BCUT2D eigenvalue weighted by Crippen LogP contribution is 2.25. The number of rotatable bonds is 3. The molecule has 2 amide bonds. The van der Waals surface area contributed by atoms with Gasteiger partial charge in [0, 0.05) is 27.0 Å². The number of aromatic amines is 1. The number of carbonyl (C=O) groups excluding carboxylic acids is 1. The molecule has 0 saturated heterocycles. The molecule has 5 N–H and O–H groups in total. The first kappa shape index (κ1) is 17.1. The van der Waals surface area contributed by atoms with Crippen LogP contribution in [0.1, 0.15) is 5.69 Å². The third-order valence-electron chi connectivity index (χ3n) is 3.43. The van der Waals surface area contributed by atoms with E-state index < -0.39 is 6.03 Å². The molecular weight excluding hydrogens is 361 g/mol. The molecule has 6 nitrogen and oxygen atoms in total. The average Bonchev–Trinajstić information content (AvgIpc) is 2.85. The van der Waals surface area contributed by atoms with Crippen molar-refractivity contribution in [3.63, 3.8) is 0 Å². The summed E-state index contributed by atoms with van der Waals surface area (Å²) in [5.41, 5.74) is 9.26. The van der Waals surface area contributed by atoms with Gasteiger partial charge in [0.05, 0.1) is 11.4 Å². The maximum Gasteiger partial charge on any atom is 0.323 e. The highest BCUT2D eigenvalue weighted by Gasteiger charge is 2.09. The lowest BCUT2D eigenvalue weighted by atomic mass is 10.1. The molecule has 0 fully saturated rings. The summed E-state index contributed by atoms with van der Waals surface area (Å²) in [5, 5.41) is 6.34. The SMILES string of the molecule is Cc1nc(N)[nH]c1-c1cccc(NC(=O)Nc2cc(Cl)cc(Cl)c2)c1. The van der Waals surface area contributed by atoms with Gasteiger partial charge in [-0.05, 0) is 37.3 Å². The Labute approximate surface area is 154 Å². The van der Waals surface area contributed by atoms with Gasteiger partial charge in [-0.2, -0.15) is 0 Å². The van der Waals surface area contributed by atoms with Crippen molar-refractivity contribution in [1.29, 1.82) is 0 Å². The third-order valence-corrected chi connectivity index (χ3v) is 3.87. The lowest BCUT2D eigenvalue weighted by molar-refractivity contribution is 0.262. The van der Waals surface area contributed by atoms with Crippen molar-refractivity contribution in [2.24, 2.45) is 0 Å². The Hall–Kier alpha value is -2.70. The normalized spacial score (nSPS) is 10.5. The van der Waals surface area contributed by atoms with Gasteiger partial charge in [0.25, 0.3) is 0 Å². The van der Waals surface area contributed by atoms with Gasteiger partial charge >= 0.3 is 6.03 Å². The Kier molecular flexibility index (Phi) is 4.83. The number of aryl methyl sites for hydroxylation is 1. The van der Waals surface area contributed by atoms with Crippen LogP contribution in [0.3, 0.4) is 0 Å². The summed E-state index contributed by atoms with van der Waals surface area (Å²) < 4.78 is 0. The molecule has 0 bridgehead atoms. The lowest BCUT2D eigenvalue weighted by Gasteiger charge is -2.09. The zero-order valence-electron chi connectivity index (χ0n) is 13.2. The van der Waals surface area contributed by atoms with Crippen molar-refractivity contribution in [3.8, 4) is 11.3 Å². The second-order valence-corrected chi connectivity index (χ2v) is 6.27. The van der Waals surface area contributed by atoms with Crippen molar-refractivity contribution in [2.75, 3.05) is 16.4 Å². The summed E-state index contributed by atoms with van der Waals surface area (Å²) >= 11 is 11.8. The highest BCUT2D eigenvalue weighted by atomic mass is 35.5. The molecule has 128 valence electrons. The van der Waals surface area contributed by atoms with E-state index in [1.165, 1.54) is 0 Å². The highest BCUT2D eigenvalue weighted by molar-refractivity contribution is 6.35. The van der Waals surface area contributed by atoms with Crippen LogP contribution in [0, 0.1) is 6.92 Å². The molecule has 0 unspecified atom stereocenters. The van der Waals surface area contributed by atoms with Crippen LogP contribution >= 0.6 is 23.2 Å². The van der Waals surface area contributed by atoms with Crippen LogP contribution in [0.25, 0.3) is 11.3 Å². The van der Waals surface area contributed by atoms with Gasteiger partial charge in [-0.1, -0.05) is 35.3 Å². The van der Waals surface area contributed by atoms with Gasteiger partial charge in [-0.25, -0.2) is 9.78 Å². The van der Waals surface area contributed by atoms with E-state index in [9.17, 15) is 4.79 Å². The monoisotopic (exact) mass is 375 g/mol. The topological polar surface area (TPSA) is 95.8 Å². The van der Waals surface area contributed by atoms with Crippen LogP contribution in [-0.4, -0.2) is 16.0 Å².